The number of piperidine rings is 1. The lowest BCUT2D eigenvalue weighted by molar-refractivity contribution is -0.132. The Morgan fingerprint density at radius 3 is 2.78 bits per heavy atom. The lowest BCUT2D eigenvalue weighted by Crippen LogP contribution is -2.38. The van der Waals surface area contributed by atoms with Crippen LogP contribution in [-0.4, -0.2) is 55.9 Å². The summed E-state index contributed by atoms with van der Waals surface area (Å²) in [6.07, 6.45) is 0.987. The Morgan fingerprint density at radius 2 is 2.04 bits per heavy atom. The highest BCUT2D eigenvalue weighted by molar-refractivity contribution is 5.90. The Bertz CT molecular complexity index is 688. The molecular weight excluding hydrogens is 344 g/mol. The van der Waals surface area contributed by atoms with Gasteiger partial charge in [-0.25, -0.2) is 0 Å². The van der Waals surface area contributed by atoms with Gasteiger partial charge in [0.2, 0.25) is 0 Å². The maximum absolute atomic E-state index is 12.2. The van der Waals surface area contributed by atoms with E-state index in [1.54, 1.807) is 4.90 Å². The van der Waals surface area contributed by atoms with Gasteiger partial charge in [0.05, 0.1) is 12.6 Å². The second kappa shape index (κ2) is 9.08. The first-order valence-electron chi connectivity index (χ1n) is 9.87. The zero-order valence-electron chi connectivity index (χ0n) is 16.5. The van der Waals surface area contributed by atoms with Crippen molar-refractivity contribution in [1.29, 1.82) is 0 Å². The van der Waals surface area contributed by atoms with Crippen LogP contribution in [0.2, 0.25) is 0 Å². The smallest absolute Gasteiger partial charge is 0.260 e. The number of rotatable bonds is 8. The summed E-state index contributed by atoms with van der Waals surface area (Å²) in [6.45, 7) is 9.70. The monoisotopic (exact) mass is 374 g/mol. The van der Waals surface area contributed by atoms with Crippen LogP contribution >= 0.6 is 0 Å². The topological polar surface area (TPSA) is 75.2 Å². The quantitative estimate of drug-likeness (QED) is 0.727. The third-order valence-electron chi connectivity index (χ3n) is 5.19. The van der Waals surface area contributed by atoms with Crippen molar-refractivity contribution in [2.45, 2.75) is 33.2 Å². The normalized spacial score (nSPS) is 21.1. The van der Waals surface area contributed by atoms with Gasteiger partial charge in [0.15, 0.2) is 18.1 Å². The Balaban J connectivity index is 1.72. The van der Waals surface area contributed by atoms with E-state index in [9.17, 15) is 4.79 Å². The molecule has 3 rings (SSSR count). The van der Waals surface area contributed by atoms with Crippen molar-refractivity contribution >= 4 is 11.6 Å². The van der Waals surface area contributed by atoms with E-state index in [4.69, 9.17) is 9.47 Å². The van der Waals surface area contributed by atoms with Gasteiger partial charge in [0.25, 0.3) is 5.91 Å². The summed E-state index contributed by atoms with van der Waals surface area (Å²) in [6, 6.07) is 6.07. The molecule has 148 valence electrons. The van der Waals surface area contributed by atoms with E-state index < -0.39 is 0 Å². The number of hydrogen-bond acceptors (Lipinski definition) is 6. The Morgan fingerprint density at radius 1 is 1.22 bits per heavy atom. The number of hydrazone groups is 1. The van der Waals surface area contributed by atoms with Gasteiger partial charge in [-0.1, -0.05) is 6.07 Å². The number of amides is 1. The van der Waals surface area contributed by atoms with E-state index in [1.165, 1.54) is 5.71 Å². The molecule has 0 aromatic heterocycles. The minimum Gasteiger partial charge on any atom is -0.490 e. The van der Waals surface area contributed by atoms with Crippen LogP contribution in [0.3, 0.4) is 0 Å². The highest BCUT2D eigenvalue weighted by Crippen LogP contribution is 2.36. The van der Waals surface area contributed by atoms with Gasteiger partial charge >= 0.3 is 0 Å². The highest BCUT2D eigenvalue weighted by Gasteiger charge is 2.34. The predicted octanol–water partition coefficient (Wildman–Crippen LogP) is 1.94. The Kier molecular flexibility index (Phi) is 6.55. The minimum absolute atomic E-state index is 0.0165. The summed E-state index contributed by atoms with van der Waals surface area (Å²) in [5, 5.41) is 7.96. The zero-order chi connectivity index (χ0) is 19.2. The second-order valence-corrected chi connectivity index (χ2v) is 6.76. The molecule has 2 heterocycles. The van der Waals surface area contributed by atoms with E-state index in [-0.39, 0.29) is 18.6 Å². The maximum atomic E-state index is 12.2. The standard InChI is InChI=1S/C20H30N4O3/c1-4-24(5-2)19(25)13-27-17-8-7-14(11-18(17)26-6-3)20-15-12-21-10-9-16(15)22-23-20/h7-8,11,15,20-21,23H,4-6,9-10,12-13H2,1-3H3. The van der Waals surface area contributed by atoms with Gasteiger partial charge in [0, 0.05) is 44.2 Å². The third kappa shape index (κ3) is 4.35. The van der Waals surface area contributed by atoms with Crippen LogP contribution in [0.5, 0.6) is 11.5 Å². The molecule has 27 heavy (non-hydrogen) atoms. The van der Waals surface area contributed by atoms with Crippen LogP contribution in [0.1, 0.15) is 38.8 Å². The molecule has 7 heteroatoms. The summed E-state index contributed by atoms with van der Waals surface area (Å²) in [5.41, 5.74) is 5.63. The number of hydrogen-bond donors (Lipinski definition) is 2. The molecule has 2 atom stereocenters. The van der Waals surface area contributed by atoms with Gasteiger partial charge in [0.1, 0.15) is 0 Å². The summed E-state index contributed by atoms with van der Waals surface area (Å²) < 4.78 is 11.6. The first kappa shape index (κ1) is 19.5. The molecule has 0 radical (unpaired) electrons. The first-order chi connectivity index (χ1) is 13.2. The molecule has 1 amide bonds. The molecule has 2 aliphatic heterocycles. The van der Waals surface area contributed by atoms with Gasteiger partial charge in [-0.05, 0) is 38.5 Å². The van der Waals surface area contributed by atoms with Gasteiger partial charge in [-0.2, -0.15) is 5.10 Å². The summed E-state index contributed by atoms with van der Waals surface area (Å²) in [4.78, 5) is 14.0. The molecular formula is C20H30N4O3. The molecule has 2 N–H and O–H groups in total. The molecule has 1 fully saturated rings. The Labute approximate surface area is 161 Å². The molecule has 0 aliphatic carbocycles. The summed E-state index contributed by atoms with van der Waals surface area (Å²) in [7, 11) is 0. The second-order valence-electron chi connectivity index (χ2n) is 6.76. The van der Waals surface area contributed by atoms with Crippen molar-refractivity contribution in [3.8, 4) is 11.5 Å². The van der Waals surface area contributed by atoms with E-state index in [0.717, 1.165) is 25.1 Å². The molecule has 2 unspecified atom stereocenters. The van der Waals surface area contributed by atoms with Crippen molar-refractivity contribution in [1.82, 2.24) is 15.6 Å². The van der Waals surface area contributed by atoms with Gasteiger partial charge < -0.3 is 25.1 Å². The van der Waals surface area contributed by atoms with Crippen molar-refractivity contribution in [3.63, 3.8) is 0 Å². The van der Waals surface area contributed by atoms with Crippen molar-refractivity contribution < 1.29 is 14.3 Å². The average molecular weight is 374 g/mol. The lowest BCUT2D eigenvalue weighted by Gasteiger charge is -2.26. The van der Waals surface area contributed by atoms with E-state index >= 15 is 0 Å². The predicted molar refractivity (Wildman–Crippen MR) is 105 cm³/mol. The van der Waals surface area contributed by atoms with Crippen molar-refractivity contribution in [2.24, 2.45) is 11.0 Å². The molecule has 0 spiro atoms. The number of likely N-dealkylation sites (N-methyl/N-ethyl adjacent to an activating group) is 1. The zero-order valence-corrected chi connectivity index (χ0v) is 16.5. The van der Waals surface area contributed by atoms with E-state index in [1.807, 2.05) is 39.0 Å². The largest absolute Gasteiger partial charge is 0.490 e. The number of nitrogens with zero attached hydrogens (tertiary/aromatic N) is 2. The number of ether oxygens (including phenoxy) is 2. The molecule has 7 nitrogen and oxygen atoms in total. The molecule has 2 aliphatic rings. The summed E-state index contributed by atoms with van der Waals surface area (Å²) in [5.74, 6) is 1.61. The molecule has 0 saturated carbocycles. The number of carbonyl (C=O) groups excluding carboxylic acids is 1. The van der Waals surface area contributed by atoms with Crippen LogP contribution in [0.4, 0.5) is 0 Å². The lowest BCUT2D eigenvalue weighted by atomic mass is 9.87. The van der Waals surface area contributed by atoms with Crippen LogP contribution in [0.15, 0.2) is 23.3 Å². The van der Waals surface area contributed by atoms with E-state index in [2.05, 4.69) is 15.8 Å². The fourth-order valence-corrected chi connectivity index (χ4v) is 3.69. The Hall–Kier alpha value is -2.28. The number of carbonyl (C=O) groups is 1. The van der Waals surface area contributed by atoms with Crippen molar-refractivity contribution in [2.75, 3.05) is 39.4 Å². The highest BCUT2D eigenvalue weighted by atomic mass is 16.5. The average Bonchev–Trinajstić information content (AvgIpc) is 3.12. The fourth-order valence-electron chi connectivity index (χ4n) is 3.69. The van der Waals surface area contributed by atoms with Gasteiger partial charge in [-0.15, -0.1) is 0 Å². The number of benzene rings is 1. The molecule has 1 aromatic rings. The first-order valence-corrected chi connectivity index (χ1v) is 9.87. The molecule has 1 saturated heterocycles. The van der Waals surface area contributed by atoms with Crippen LogP contribution in [-0.2, 0) is 4.79 Å². The maximum Gasteiger partial charge on any atom is 0.260 e. The SMILES string of the molecule is CCOc1cc(C2NN=C3CCNCC32)ccc1OCC(=O)N(CC)CC. The minimum atomic E-state index is -0.0182. The molecule has 0 bridgehead atoms. The third-order valence-corrected chi connectivity index (χ3v) is 5.19. The molecule has 1 aromatic carbocycles. The van der Waals surface area contributed by atoms with Crippen LogP contribution in [0.25, 0.3) is 0 Å². The van der Waals surface area contributed by atoms with Crippen molar-refractivity contribution in [3.05, 3.63) is 23.8 Å². The van der Waals surface area contributed by atoms with E-state index in [0.29, 0.717) is 37.1 Å². The van der Waals surface area contributed by atoms with Crippen LogP contribution < -0.4 is 20.2 Å². The number of nitrogens with one attached hydrogen (secondary N) is 2. The number of fused-ring (bicyclic) bond motifs is 1. The van der Waals surface area contributed by atoms with Gasteiger partial charge in [-0.3, -0.25) is 4.79 Å². The fraction of sp³-hybridized carbons (Fsp3) is 0.600. The van der Waals surface area contributed by atoms with Crippen LogP contribution in [0, 0.1) is 5.92 Å². The summed E-state index contributed by atoms with van der Waals surface area (Å²) >= 11 is 0.